The molecule has 0 aliphatic carbocycles. The second kappa shape index (κ2) is 13.9. The lowest BCUT2D eigenvalue weighted by Crippen LogP contribution is -2.11. The van der Waals surface area contributed by atoms with Gasteiger partial charge in [-0.05, 0) is 119 Å². The molecular weight excluding hydrogens is 727 g/mol. The fourth-order valence-corrected chi connectivity index (χ4v) is 9.30. The molecular formula is C58H37NO. The average Bonchev–Trinajstić information content (AvgIpc) is 3.71. The van der Waals surface area contributed by atoms with Crippen LogP contribution >= 0.6 is 0 Å². The molecule has 0 radical (unpaired) electrons. The summed E-state index contributed by atoms with van der Waals surface area (Å²) < 4.78 is 6.48. The third kappa shape index (κ3) is 5.65. The fourth-order valence-electron chi connectivity index (χ4n) is 9.30. The van der Waals surface area contributed by atoms with E-state index in [1.807, 2.05) is 6.07 Å². The van der Waals surface area contributed by atoms with E-state index in [9.17, 15) is 0 Å². The number of para-hydroxylation sites is 2. The molecule has 0 amide bonds. The number of rotatable bonds is 6. The summed E-state index contributed by atoms with van der Waals surface area (Å²) in [7, 11) is 0. The number of nitrogens with zero attached hydrogens (tertiary/aromatic N) is 1. The van der Waals surface area contributed by atoms with Crippen LogP contribution in [-0.2, 0) is 0 Å². The van der Waals surface area contributed by atoms with Gasteiger partial charge in [0.25, 0.3) is 0 Å². The van der Waals surface area contributed by atoms with Gasteiger partial charge in [-0.1, -0.05) is 176 Å². The zero-order valence-electron chi connectivity index (χ0n) is 32.7. The molecule has 1 aromatic heterocycles. The van der Waals surface area contributed by atoms with Crippen LogP contribution in [0.4, 0.5) is 17.1 Å². The molecule has 12 rings (SSSR count). The first-order chi connectivity index (χ1) is 29.7. The first-order valence-electron chi connectivity index (χ1n) is 20.6. The molecule has 0 fully saturated rings. The van der Waals surface area contributed by atoms with Crippen molar-refractivity contribution in [3.05, 3.63) is 224 Å². The Labute approximate surface area is 347 Å². The molecule has 0 atom stereocenters. The minimum atomic E-state index is 0.862. The number of anilines is 3. The molecule has 12 aromatic rings. The molecule has 0 saturated heterocycles. The normalized spacial score (nSPS) is 11.7. The van der Waals surface area contributed by atoms with Crippen molar-refractivity contribution in [3.8, 4) is 33.4 Å². The Hall–Kier alpha value is -7.94. The van der Waals surface area contributed by atoms with E-state index in [-0.39, 0.29) is 0 Å². The summed E-state index contributed by atoms with van der Waals surface area (Å²) in [4.78, 5) is 2.42. The van der Waals surface area contributed by atoms with Gasteiger partial charge >= 0.3 is 0 Å². The first-order valence-corrected chi connectivity index (χ1v) is 20.6. The maximum absolute atomic E-state index is 6.48. The predicted molar refractivity (Wildman–Crippen MR) is 255 cm³/mol. The van der Waals surface area contributed by atoms with Gasteiger partial charge in [-0.2, -0.15) is 0 Å². The van der Waals surface area contributed by atoms with Crippen molar-refractivity contribution in [3.63, 3.8) is 0 Å². The van der Waals surface area contributed by atoms with Crippen LogP contribution in [0.25, 0.3) is 98.4 Å². The van der Waals surface area contributed by atoms with Crippen LogP contribution in [0.5, 0.6) is 0 Å². The molecule has 2 heteroatoms. The number of benzene rings is 11. The SMILES string of the molecule is c1cc(-c2ccc3ccc4ccccc4c3c2)cc(N(c2ccccc2-c2ccc(-c3ccc4c(ccc5ccccc54)c3)cc2)c2cccc3oc4ccccc4c23)c1. The maximum atomic E-state index is 6.48. The standard InChI is InChI=1S/C58H37NO/c1-3-15-48-39(11-1)30-32-46-35-44(33-34-50(46)48)38-23-25-41(26-24-38)51-17-5-7-19-54(51)59(55-20-10-22-57-58(55)52-18-6-8-21-56(52)60-57)47-14-9-13-43(36-47)45-31-29-42-28-27-40-12-2-4-16-49(40)53(42)37-45/h1-37H. The molecule has 11 aromatic carbocycles. The average molecular weight is 764 g/mol. The van der Waals surface area contributed by atoms with Crippen LogP contribution in [0.1, 0.15) is 0 Å². The molecule has 0 aliphatic heterocycles. The van der Waals surface area contributed by atoms with E-state index in [1.165, 1.54) is 59.8 Å². The smallest absolute Gasteiger partial charge is 0.137 e. The van der Waals surface area contributed by atoms with E-state index in [4.69, 9.17) is 4.42 Å². The molecule has 60 heavy (non-hydrogen) atoms. The summed E-state index contributed by atoms with van der Waals surface area (Å²) >= 11 is 0. The van der Waals surface area contributed by atoms with Crippen LogP contribution < -0.4 is 4.90 Å². The summed E-state index contributed by atoms with van der Waals surface area (Å²) in [6, 6.07) is 81.4. The van der Waals surface area contributed by atoms with Crippen molar-refractivity contribution >= 4 is 82.1 Å². The Bertz CT molecular complexity index is 3610. The van der Waals surface area contributed by atoms with E-state index in [2.05, 4.69) is 223 Å². The van der Waals surface area contributed by atoms with E-state index in [0.29, 0.717) is 0 Å². The number of hydrogen-bond donors (Lipinski definition) is 0. The van der Waals surface area contributed by atoms with Gasteiger partial charge in [-0.25, -0.2) is 0 Å². The highest BCUT2D eigenvalue weighted by atomic mass is 16.3. The van der Waals surface area contributed by atoms with E-state index in [1.54, 1.807) is 0 Å². The lowest BCUT2D eigenvalue weighted by molar-refractivity contribution is 0.669. The molecule has 0 bridgehead atoms. The van der Waals surface area contributed by atoms with E-state index >= 15 is 0 Å². The zero-order chi connectivity index (χ0) is 39.6. The molecule has 0 saturated carbocycles. The fraction of sp³-hybridized carbons (Fsp3) is 0. The number of fused-ring (bicyclic) bond motifs is 9. The van der Waals surface area contributed by atoms with Crippen LogP contribution in [0.3, 0.4) is 0 Å². The van der Waals surface area contributed by atoms with Crippen LogP contribution in [0, 0.1) is 0 Å². The van der Waals surface area contributed by atoms with Gasteiger partial charge in [-0.3, -0.25) is 0 Å². The van der Waals surface area contributed by atoms with Crippen molar-refractivity contribution in [2.75, 3.05) is 4.90 Å². The number of hydrogen-bond acceptors (Lipinski definition) is 2. The molecule has 280 valence electrons. The van der Waals surface area contributed by atoms with Gasteiger partial charge in [-0.15, -0.1) is 0 Å². The molecule has 2 nitrogen and oxygen atoms in total. The lowest BCUT2D eigenvalue weighted by Gasteiger charge is -2.29. The van der Waals surface area contributed by atoms with Crippen LogP contribution in [0.2, 0.25) is 0 Å². The Balaban J connectivity index is 1.01. The van der Waals surface area contributed by atoms with Crippen molar-refractivity contribution in [1.29, 1.82) is 0 Å². The van der Waals surface area contributed by atoms with Gasteiger partial charge in [0.1, 0.15) is 11.2 Å². The largest absolute Gasteiger partial charge is 0.456 e. The Morgan fingerprint density at radius 3 is 1.65 bits per heavy atom. The lowest BCUT2D eigenvalue weighted by atomic mass is 9.95. The maximum Gasteiger partial charge on any atom is 0.137 e. The van der Waals surface area contributed by atoms with Crippen molar-refractivity contribution in [1.82, 2.24) is 0 Å². The van der Waals surface area contributed by atoms with Crippen molar-refractivity contribution in [2.45, 2.75) is 0 Å². The van der Waals surface area contributed by atoms with Gasteiger partial charge in [0.15, 0.2) is 0 Å². The highest BCUT2D eigenvalue weighted by Gasteiger charge is 2.22. The van der Waals surface area contributed by atoms with Gasteiger partial charge < -0.3 is 9.32 Å². The highest BCUT2D eigenvalue weighted by molar-refractivity contribution is 6.14. The summed E-state index contributed by atoms with van der Waals surface area (Å²) in [5.74, 6) is 0. The Morgan fingerprint density at radius 1 is 0.283 bits per heavy atom. The van der Waals surface area contributed by atoms with Crippen LogP contribution in [-0.4, -0.2) is 0 Å². The first kappa shape index (κ1) is 34.1. The molecule has 0 spiro atoms. The Kier molecular flexibility index (Phi) is 7.89. The zero-order valence-corrected chi connectivity index (χ0v) is 32.7. The summed E-state index contributed by atoms with van der Waals surface area (Å²) in [6.45, 7) is 0. The Morgan fingerprint density at radius 2 is 0.817 bits per heavy atom. The van der Waals surface area contributed by atoms with Gasteiger partial charge in [0, 0.05) is 16.6 Å². The molecule has 1 heterocycles. The van der Waals surface area contributed by atoms with Crippen molar-refractivity contribution < 1.29 is 4.42 Å². The van der Waals surface area contributed by atoms with Gasteiger partial charge in [0.2, 0.25) is 0 Å². The predicted octanol–water partition coefficient (Wildman–Crippen LogP) is 16.7. The van der Waals surface area contributed by atoms with Crippen molar-refractivity contribution in [2.24, 2.45) is 0 Å². The van der Waals surface area contributed by atoms with E-state index in [0.717, 1.165) is 55.7 Å². The second-order valence-electron chi connectivity index (χ2n) is 15.7. The quantitative estimate of drug-likeness (QED) is 0.157. The monoisotopic (exact) mass is 763 g/mol. The molecule has 0 N–H and O–H groups in total. The molecule has 0 unspecified atom stereocenters. The minimum absolute atomic E-state index is 0.862. The number of furan rings is 1. The summed E-state index contributed by atoms with van der Waals surface area (Å²) in [5.41, 5.74) is 12.0. The minimum Gasteiger partial charge on any atom is -0.456 e. The van der Waals surface area contributed by atoms with Crippen LogP contribution in [0.15, 0.2) is 229 Å². The third-order valence-corrected chi connectivity index (χ3v) is 12.2. The third-order valence-electron chi connectivity index (χ3n) is 12.2. The highest BCUT2D eigenvalue weighted by Crippen LogP contribution is 2.47. The topological polar surface area (TPSA) is 16.4 Å². The van der Waals surface area contributed by atoms with Gasteiger partial charge in [0.05, 0.1) is 16.8 Å². The summed E-state index contributed by atoms with van der Waals surface area (Å²) in [5, 5.41) is 12.3. The van der Waals surface area contributed by atoms with E-state index < -0.39 is 0 Å². The second-order valence-corrected chi connectivity index (χ2v) is 15.7. The molecule has 0 aliphatic rings. The summed E-state index contributed by atoms with van der Waals surface area (Å²) in [6.07, 6.45) is 0.